The predicted octanol–water partition coefficient (Wildman–Crippen LogP) is 3.28. The Kier molecular flexibility index (Phi) is 3.06. The number of nitrogens with one attached hydrogen (secondary N) is 1. The highest BCUT2D eigenvalue weighted by molar-refractivity contribution is 6.05. The Morgan fingerprint density at radius 3 is 2.65 bits per heavy atom. The molecule has 102 valence electrons. The number of carbonyl (C=O) groups excluding carboxylic acids is 1. The van der Waals surface area contributed by atoms with Crippen LogP contribution in [-0.4, -0.2) is 12.7 Å². The minimum Gasteiger partial charge on any atom is -0.454 e. The second-order valence-corrected chi connectivity index (χ2v) is 4.84. The van der Waals surface area contributed by atoms with Crippen LogP contribution in [0.15, 0.2) is 36.4 Å². The summed E-state index contributed by atoms with van der Waals surface area (Å²) >= 11 is 0. The summed E-state index contributed by atoms with van der Waals surface area (Å²) in [4.78, 5) is 12.2. The molecule has 4 nitrogen and oxygen atoms in total. The zero-order valence-electron chi connectivity index (χ0n) is 11.4. The van der Waals surface area contributed by atoms with Gasteiger partial charge in [-0.1, -0.05) is 17.7 Å². The van der Waals surface area contributed by atoms with Crippen molar-refractivity contribution in [3.05, 3.63) is 53.1 Å². The number of carbonyl (C=O) groups is 1. The van der Waals surface area contributed by atoms with Crippen LogP contribution < -0.4 is 14.8 Å². The van der Waals surface area contributed by atoms with Gasteiger partial charge in [0.1, 0.15) is 0 Å². The van der Waals surface area contributed by atoms with Gasteiger partial charge in [0.15, 0.2) is 11.5 Å². The van der Waals surface area contributed by atoms with E-state index in [1.807, 2.05) is 32.0 Å². The second kappa shape index (κ2) is 4.89. The maximum Gasteiger partial charge on any atom is 0.255 e. The van der Waals surface area contributed by atoms with Crippen LogP contribution in [0.5, 0.6) is 11.5 Å². The van der Waals surface area contributed by atoms with Crippen LogP contribution in [0.2, 0.25) is 0 Å². The van der Waals surface area contributed by atoms with Crippen molar-refractivity contribution in [2.45, 2.75) is 13.8 Å². The van der Waals surface area contributed by atoms with Gasteiger partial charge in [-0.2, -0.15) is 0 Å². The summed E-state index contributed by atoms with van der Waals surface area (Å²) in [6.45, 7) is 4.20. The average Bonchev–Trinajstić information content (AvgIpc) is 2.89. The average molecular weight is 269 g/mol. The number of amides is 1. The third-order valence-electron chi connectivity index (χ3n) is 3.26. The third-order valence-corrected chi connectivity index (χ3v) is 3.26. The van der Waals surface area contributed by atoms with Gasteiger partial charge < -0.3 is 14.8 Å². The first-order chi connectivity index (χ1) is 9.63. The van der Waals surface area contributed by atoms with Crippen molar-refractivity contribution in [3.8, 4) is 11.5 Å². The zero-order chi connectivity index (χ0) is 14.1. The lowest BCUT2D eigenvalue weighted by molar-refractivity contribution is 0.102. The largest absolute Gasteiger partial charge is 0.454 e. The molecule has 2 aromatic rings. The highest BCUT2D eigenvalue weighted by atomic mass is 16.7. The van der Waals surface area contributed by atoms with Gasteiger partial charge in [0.25, 0.3) is 5.91 Å². The summed E-state index contributed by atoms with van der Waals surface area (Å²) in [6.07, 6.45) is 0. The van der Waals surface area contributed by atoms with Crippen LogP contribution in [0.25, 0.3) is 0 Å². The molecule has 1 amide bonds. The van der Waals surface area contributed by atoms with Crippen LogP contribution in [-0.2, 0) is 0 Å². The summed E-state index contributed by atoms with van der Waals surface area (Å²) in [7, 11) is 0. The molecule has 0 atom stereocenters. The molecular formula is C16H15NO3. The summed E-state index contributed by atoms with van der Waals surface area (Å²) < 4.78 is 10.5. The Balaban J connectivity index is 1.82. The van der Waals surface area contributed by atoms with Crippen molar-refractivity contribution in [2.75, 3.05) is 12.1 Å². The molecule has 0 radical (unpaired) electrons. The highest BCUT2D eigenvalue weighted by Gasteiger charge is 2.16. The van der Waals surface area contributed by atoms with Crippen molar-refractivity contribution in [1.29, 1.82) is 0 Å². The lowest BCUT2D eigenvalue weighted by Gasteiger charge is -2.09. The smallest absolute Gasteiger partial charge is 0.255 e. The fraction of sp³-hybridized carbons (Fsp3) is 0.188. The molecule has 0 unspecified atom stereocenters. The summed E-state index contributed by atoms with van der Waals surface area (Å²) in [5.41, 5.74) is 3.58. The molecule has 1 heterocycles. The Bertz CT molecular complexity index is 679. The van der Waals surface area contributed by atoms with Crippen LogP contribution >= 0.6 is 0 Å². The fourth-order valence-electron chi connectivity index (χ4n) is 2.19. The van der Waals surface area contributed by atoms with E-state index >= 15 is 0 Å². The van der Waals surface area contributed by atoms with E-state index in [2.05, 4.69) is 5.32 Å². The van der Waals surface area contributed by atoms with Crippen LogP contribution in [0, 0.1) is 13.8 Å². The van der Waals surface area contributed by atoms with Gasteiger partial charge in [0, 0.05) is 11.3 Å². The predicted molar refractivity (Wildman–Crippen MR) is 76.4 cm³/mol. The molecule has 4 heteroatoms. The molecule has 0 aromatic heterocycles. The minimum atomic E-state index is -0.157. The van der Waals surface area contributed by atoms with Gasteiger partial charge >= 0.3 is 0 Å². The maximum atomic E-state index is 12.2. The van der Waals surface area contributed by atoms with Crippen molar-refractivity contribution in [3.63, 3.8) is 0 Å². The number of rotatable bonds is 2. The van der Waals surface area contributed by atoms with Crippen LogP contribution in [0.4, 0.5) is 5.69 Å². The lowest BCUT2D eigenvalue weighted by atomic mass is 10.1. The van der Waals surface area contributed by atoms with E-state index in [1.165, 1.54) is 5.56 Å². The van der Waals surface area contributed by atoms with Crippen molar-refractivity contribution < 1.29 is 14.3 Å². The number of fused-ring (bicyclic) bond motifs is 1. The van der Waals surface area contributed by atoms with Gasteiger partial charge in [0.2, 0.25) is 6.79 Å². The van der Waals surface area contributed by atoms with Crippen LogP contribution in [0.3, 0.4) is 0 Å². The Labute approximate surface area is 117 Å². The molecule has 2 aromatic carbocycles. The van der Waals surface area contributed by atoms with E-state index in [0.29, 0.717) is 17.1 Å². The third kappa shape index (κ3) is 2.32. The topological polar surface area (TPSA) is 47.6 Å². The quantitative estimate of drug-likeness (QED) is 0.910. The molecule has 1 N–H and O–H groups in total. The van der Waals surface area contributed by atoms with Gasteiger partial charge in [0.05, 0.1) is 0 Å². The van der Waals surface area contributed by atoms with Crippen LogP contribution in [0.1, 0.15) is 21.5 Å². The van der Waals surface area contributed by atoms with Gasteiger partial charge in [-0.3, -0.25) is 4.79 Å². The number of hydrogen-bond acceptors (Lipinski definition) is 3. The molecule has 0 fully saturated rings. The van der Waals surface area contributed by atoms with E-state index in [9.17, 15) is 4.79 Å². The maximum absolute atomic E-state index is 12.2. The summed E-state index contributed by atoms with van der Waals surface area (Å²) in [6, 6.07) is 11.1. The van der Waals surface area contributed by atoms with Gasteiger partial charge in [-0.15, -0.1) is 0 Å². The molecule has 0 spiro atoms. The molecular weight excluding hydrogens is 254 g/mol. The van der Waals surface area contributed by atoms with E-state index in [-0.39, 0.29) is 12.7 Å². The highest BCUT2D eigenvalue weighted by Crippen LogP contribution is 2.32. The molecule has 20 heavy (non-hydrogen) atoms. The Hall–Kier alpha value is -2.49. The summed E-state index contributed by atoms with van der Waals surface area (Å²) in [5.74, 6) is 1.13. The number of anilines is 1. The van der Waals surface area contributed by atoms with E-state index in [4.69, 9.17) is 9.47 Å². The Morgan fingerprint density at radius 1 is 1.05 bits per heavy atom. The first-order valence-corrected chi connectivity index (χ1v) is 6.42. The van der Waals surface area contributed by atoms with E-state index < -0.39 is 0 Å². The standard InChI is InChI=1S/C16H15NO3/c1-10-3-5-13(11(2)7-10)17-16(18)12-4-6-14-15(8-12)20-9-19-14/h3-8H,9H2,1-2H3,(H,17,18). The second-order valence-electron chi connectivity index (χ2n) is 4.84. The number of aryl methyl sites for hydroxylation is 2. The minimum absolute atomic E-state index is 0.157. The SMILES string of the molecule is Cc1ccc(NC(=O)c2ccc3c(c2)OCO3)c(C)c1. The summed E-state index contributed by atoms with van der Waals surface area (Å²) in [5, 5.41) is 2.91. The van der Waals surface area contributed by atoms with E-state index in [1.54, 1.807) is 18.2 Å². The lowest BCUT2D eigenvalue weighted by Crippen LogP contribution is -2.12. The monoisotopic (exact) mass is 269 g/mol. The molecule has 1 aliphatic rings. The zero-order valence-corrected chi connectivity index (χ0v) is 11.4. The molecule has 0 aliphatic carbocycles. The number of hydrogen-bond donors (Lipinski definition) is 1. The molecule has 0 bridgehead atoms. The normalized spacial score (nSPS) is 12.3. The fourth-order valence-corrected chi connectivity index (χ4v) is 2.19. The van der Waals surface area contributed by atoms with Crippen molar-refractivity contribution in [1.82, 2.24) is 0 Å². The molecule has 0 saturated heterocycles. The van der Waals surface area contributed by atoms with E-state index in [0.717, 1.165) is 11.3 Å². The number of benzene rings is 2. The van der Waals surface area contributed by atoms with Crippen molar-refractivity contribution >= 4 is 11.6 Å². The Morgan fingerprint density at radius 2 is 1.85 bits per heavy atom. The number of ether oxygens (including phenoxy) is 2. The van der Waals surface area contributed by atoms with Crippen molar-refractivity contribution in [2.24, 2.45) is 0 Å². The molecule has 0 saturated carbocycles. The first-order valence-electron chi connectivity index (χ1n) is 6.42. The van der Waals surface area contributed by atoms with Gasteiger partial charge in [-0.25, -0.2) is 0 Å². The van der Waals surface area contributed by atoms with Gasteiger partial charge in [-0.05, 0) is 43.7 Å². The molecule has 1 aliphatic heterocycles. The molecule has 3 rings (SSSR count). The first kappa shape index (κ1) is 12.5.